The molecule has 0 fully saturated rings. The molecule has 0 aliphatic heterocycles. The van der Waals surface area contributed by atoms with Crippen LogP contribution < -0.4 is 5.32 Å². The summed E-state index contributed by atoms with van der Waals surface area (Å²) >= 11 is 5.82. The van der Waals surface area contributed by atoms with Gasteiger partial charge in [0, 0.05) is 17.6 Å². The zero-order chi connectivity index (χ0) is 14.6. The summed E-state index contributed by atoms with van der Waals surface area (Å²) < 4.78 is 0. The predicted molar refractivity (Wildman–Crippen MR) is 76.7 cm³/mol. The van der Waals surface area contributed by atoms with Gasteiger partial charge in [0.1, 0.15) is 5.69 Å². The summed E-state index contributed by atoms with van der Waals surface area (Å²) in [5.74, 6) is 0. The van der Waals surface area contributed by atoms with E-state index in [1.54, 1.807) is 0 Å². The van der Waals surface area contributed by atoms with Gasteiger partial charge >= 0.3 is 0 Å². The van der Waals surface area contributed by atoms with Crippen LogP contribution in [0.3, 0.4) is 0 Å². The van der Waals surface area contributed by atoms with Crippen molar-refractivity contribution in [3.8, 4) is 0 Å². The summed E-state index contributed by atoms with van der Waals surface area (Å²) in [5.41, 5.74) is 0.277. The maximum atomic E-state index is 10.9. The molecule has 106 valence electrons. The van der Waals surface area contributed by atoms with Gasteiger partial charge in [0.2, 0.25) is 0 Å². The molecule has 2 N–H and O–H groups in total. The smallest absolute Gasteiger partial charge is 0.292 e. The number of aliphatic hydroxyl groups is 1. The number of aliphatic hydroxyl groups excluding tert-OH is 1. The lowest BCUT2D eigenvalue weighted by Crippen LogP contribution is -2.25. The van der Waals surface area contributed by atoms with Crippen LogP contribution in [-0.2, 0) is 0 Å². The third-order valence-corrected chi connectivity index (χ3v) is 2.77. The van der Waals surface area contributed by atoms with Gasteiger partial charge in [-0.1, -0.05) is 32.4 Å². The van der Waals surface area contributed by atoms with Gasteiger partial charge in [-0.3, -0.25) is 10.1 Å². The van der Waals surface area contributed by atoms with Gasteiger partial charge < -0.3 is 10.4 Å². The summed E-state index contributed by atoms with van der Waals surface area (Å²) in [6, 6.07) is 4.31. The van der Waals surface area contributed by atoms with Crippen LogP contribution in [0.25, 0.3) is 0 Å². The minimum absolute atomic E-state index is 0.00135. The van der Waals surface area contributed by atoms with Gasteiger partial charge in [0.15, 0.2) is 0 Å². The molecule has 6 heteroatoms. The molecule has 1 atom stereocenters. The largest absolute Gasteiger partial charge is 0.391 e. The van der Waals surface area contributed by atoms with Crippen LogP contribution in [0.2, 0.25) is 5.02 Å². The monoisotopic (exact) mass is 286 g/mol. The highest BCUT2D eigenvalue weighted by molar-refractivity contribution is 6.31. The predicted octanol–water partition coefficient (Wildman–Crippen LogP) is 3.46. The van der Waals surface area contributed by atoms with Crippen LogP contribution >= 0.6 is 11.6 Å². The Balaban J connectivity index is 2.72. The van der Waals surface area contributed by atoms with Crippen molar-refractivity contribution in [2.75, 3.05) is 11.9 Å². The number of hydrogen-bond donors (Lipinski definition) is 2. The quantitative estimate of drug-likeness (QED) is 0.642. The van der Waals surface area contributed by atoms with E-state index in [2.05, 4.69) is 5.32 Å². The first-order chi connectivity index (χ1) is 8.69. The highest BCUT2D eigenvalue weighted by Crippen LogP contribution is 2.28. The van der Waals surface area contributed by atoms with Crippen molar-refractivity contribution >= 4 is 23.0 Å². The number of anilines is 1. The number of benzene rings is 1. The molecule has 0 amide bonds. The molecule has 0 aromatic heterocycles. The third kappa shape index (κ3) is 5.44. The van der Waals surface area contributed by atoms with Crippen molar-refractivity contribution in [2.45, 2.75) is 33.3 Å². The molecule has 1 unspecified atom stereocenters. The standard InChI is InChI=1S/C13H19ClN2O3/c1-13(2,3)7-10(17)8-15-11-6-9(14)4-5-12(11)16(18)19/h4-6,10,15,17H,7-8H2,1-3H3. The number of nitrogens with zero attached hydrogens (tertiary/aromatic N) is 1. The second kappa shape index (κ2) is 6.21. The van der Waals surface area contributed by atoms with Crippen LogP contribution in [0.1, 0.15) is 27.2 Å². The summed E-state index contributed by atoms with van der Waals surface area (Å²) in [5, 5.41) is 24.0. The fraction of sp³-hybridized carbons (Fsp3) is 0.538. The van der Waals surface area contributed by atoms with Crippen LogP contribution in [0.5, 0.6) is 0 Å². The van der Waals surface area contributed by atoms with Crippen molar-refractivity contribution < 1.29 is 10.0 Å². The third-order valence-electron chi connectivity index (χ3n) is 2.53. The molecule has 0 saturated heterocycles. The van der Waals surface area contributed by atoms with Crippen LogP contribution in [0.4, 0.5) is 11.4 Å². The van der Waals surface area contributed by atoms with Gasteiger partial charge in [-0.2, -0.15) is 0 Å². The second-order valence-corrected chi connectivity index (χ2v) is 6.15. The van der Waals surface area contributed by atoms with Gasteiger partial charge in [0.25, 0.3) is 5.69 Å². The minimum Gasteiger partial charge on any atom is -0.391 e. The molecule has 19 heavy (non-hydrogen) atoms. The highest BCUT2D eigenvalue weighted by Gasteiger charge is 2.18. The van der Waals surface area contributed by atoms with E-state index in [-0.39, 0.29) is 17.6 Å². The van der Waals surface area contributed by atoms with Gasteiger partial charge in [-0.15, -0.1) is 0 Å². The lowest BCUT2D eigenvalue weighted by molar-refractivity contribution is -0.384. The van der Waals surface area contributed by atoms with E-state index < -0.39 is 11.0 Å². The van der Waals surface area contributed by atoms with Crippen LogP contribution in [0.15, 0.2) is 18.2 Å². The Labute approximate surface area is 117 Å². The lowest BCUT2D eigenvalue weighted by Gasteiger charge is -2.22. The topological polar surface area (TPSA) is 75.4 Å². The summed E-state index contributed by atoms with van der Waals surface area (Å²) in [6.45, 7) is 6.33. The molecule has 0 aliphatic rings. The summed E-state index contributed by atoms with van der Waals surface area (Å²) in [4.78, 5) is 10.4. The Morgan fingerprint density at radius 2 is 2.11 bits per heavy atom. The van der Waals surface area contributed by atoms with E-state index in [4.69, 9.17) is 11.6 Å². The average Bonchev–Trinajstić information content (AvgIpc) is 2.23. The first kappa shape index (κ1) is 15.7. The van der Waals surface area contributed by atoms with Gasteiger partial charge in [0.05, 0.1) is 11.0 Å². The molecule has 0 aliphatic carbocycles. The molecule has 1 aromatic carbocycles. The van der Waals surface area contributed by atoms with E-state index in [1.165, 1.54) is 18.2 Å². The average molecular weight is 287 g/mol. The minimum atomic E-state index is -0.571. The van der Waals surface area contributed by atoms with Crippen LogP contribution in [-0.4, -0.2) is 22.7 Å². The van der Waals surface area contributed by atoms with Gasteiger partial charge in [-0.25, -0.2) is 0 Å². The first-order valence-electron chi connectivity index (χ1n) is 6.05. The van der Waals surface area contributed by atoms with Gasteiger partial charge in [-0.05, 0) is 24.0 Å². The van der Waals surface area contributed by atoms with E-state index in [1.807, 2.05) is 20.8 Å². The molecular weight excluding hydrogens is 268 g/mol. The Kier molecular flexibility index (Phi) is 5.14. The summed E-state index contributed by atoms with van der Waals surface area (Å²) in [6.07, 6.45) is 0.0348. The van der Waals surface area contributed by atoms with Crippen molar-refractivity contribution in [1.29, 1.82) is 0 Å². The van der Waals surface area contributed by atoms with E-state index in [0.717, 1.165) is 0 Å². The maximum absolute atomic E-state index is 10.9. The van der Waals surface area contributed by atoms with E-state index >= 15 is 0 Å². The molecule has 1 aromatic rings. The van der Waals surface area contributed by atoms with Crippen molar-refractivity contribution in [3.05, 3.63) is 33.3 Å². The number of halogens is 1. The van der Waals surface area contributed by atoms with Crippen molar-refractivity contribution in [1.82, 2.24) is 0 Å². The molecule has 1 rings (SSSR count). The first-order valence-corrected chi connectivity index (χ1v) is 6.43. The lowest BCUT2D eigenvalue weighted by atomic mass is 9.89. The number of rotatable bonds is 5. The SMILES string of the molecule is CC(C)(C)CC(O)CNc1cc(Cl)ccc1[N+](=O)[O-]. The van der Waals surface area contributed by atoms with E-state index in [0.29, 0.717) is 17.1 Å². The zero-order valence-electron chi connectivity index (χ0n) is 11.3. The molecule has 0 radical (unpaired) electrons. The number of nitro groups is 1. The molecule has 5 nitrogen and oxygen atoms in total. The Morgan fingerprint density at radius 1 is 1.47 bits per heavy atom. The number of nitrogens with one attached hydrogen (secondary N) is 1. The summed E-state index contributed by atoms with van der Waals surface area (Å²) in [7, 11) is 0. The van der Waals surface area contributed by atoms with Crippen molar-refractivity contribution in [2.24, 2.45) is 5.41 Å². The number of nitro benzene ring substituents is 1. The van der Waals surface area contributed by atoms with E-state index in [9.17, 15) is 15.2 Å². The molecular formula is C13H19ClN2O3. The Hall–Kier alpha value is -1.33. The molecule has 0 spiro atoms. The molecule has 0 heterocycles. The Morgan fingerprint density at radius 3 is 2.63 bits per heavy atom. The highest BCUT2D eigenvalue weighted by atomic mass is 35.5. The fourth-order valence-corrected chi connectivity index (χ4v) is 1.99. The van der Waals surface area contributed by atoms with Crippen LogP contribution in [0, 0.1) is 15.5 Å². The molecule has 0 bridgehead atoms. The fourth-order valence-electron chi connectivity index (χ4n) is 1.82. The zero-order valence-corrected chi connectivity index (χ0v) is 12.1. The normalized spacial score (nSPS) is 13.1. The number of hydrogen-bond acceptors (Lipinski definition) is 4. The maximum Gasteiger partial charge on any atom is 0.292 e. The van der Waals surface area contributed by atoms with Crippen molar-refractivity contribution in [3.63, 3.8) is 0 Å². The second-order valence-electron chi connectivity index (χ2n) is 5.72. The molecule has 0 saturated carbocycles. The Bertz CT molecular complexity index is 458.